The first-order valence-corrected chi connectivity index (χ1v) is 3.56. The molecule has 1 rings (SSSR count). The Balaban J connectivity index is 2.94. The Hall–Kier alpha value is -1.17. The molecule has 0 aliphatic rings. The van der Waals surface area contributed by atoms with Crippen molar-refractivity contribution in [3.63, 3.8) is 0 Å². The molecule has 13 heavy (non-hydrogen) atoms. The van der Waals surface area contributed by atoms with Gasteiger partial charge >= 0.3 is 6.18 Å². The zero-order valence-electron chi connectivity index (χ0n) is 6.84. The minimum atomic E-state index is -4.49. The van der Waals surface area contributed by atoms with E-state index >= 15 is 0 Å². The van der Waals surface area contributed by atoms with Gasteiger partial charge in [0.15, 0.2) is 0 Å². The first-order valence-electron chi connectivity index (χ1n) is 3.56. The molecule has 0 fully saturated rings. The average Bonchev–Trinajstić information content (AvgIpc) is 2.03. The summed E-state index contributed by atoms with van der Waals surface area (Å²) in [5.41, 5.74) is 5.89. The fraction of sp³-hybridized carbons (Fsp3) is 0.429. The molecule has 0 unspecified atom stereocenters. The lowest BCUT2D eigenvalue weighted by Crippen LogP contribution is -2.13. The lowest BCUT2D eigenvalue weighted by Gasteiger charge is -2.06. The Morgan fingerprint density at radius 3 is 2.08 bits per heavy atom. The van der Waals surface area contributed by atoms with Gasteiger partial charge in [0.25, 0.3) is 0 Å². The van der Waals surface area contributed by atoms with Gasteiger partial charge in [0.1, 0.15) is 0 Å². The van der Waals surface area contributed by atoms with E-state index in [4.69, 9.17) is 5.73 Å². The summed E-state index contributed by atoms with van der Waals surface area (Å²) in [4.78, 5) is 6.31. The second-order valence-electron chi connectivity index (χ2n) is 2.63. The van der Waals surface area contributed by atoms with Crippen molar-refractivity contribution in [1.29, 1.82) is 0 Å². The zero-order valence-corrected chi connectivity index (χ0v) is 6.84. The zero-order chi connectivity index (χ0) is 10.1. The second-order valence-corrected chi connectivity index (χ2v) is 2.63. The highest BCUT2D eigenvalue weighted by molar-refractivity contribution is 5.09. The van der Waals surface area contributed by atoms with E-state index in [-0.39, 0.29) is 6.04 Å². The lowest BCUT2D eigenvalue weighted by molar-refractivity contribution is -0.145. The minimum Gasteiger partial charge on any atom is -0.324 e. The van der Waals surface area contributed by atoms with E-state index in [1.54, 1.807) is 6.92 Å². The highest BCUT2D eigenvalue weighted by Gasteiger charge is 2.34. The Kier molecular flexibility index (Phi) is 2.51. The smallest absolute Gasteiger partial charge is 0.324 e. The number of nitrogens with two attached hydrogens (primary N) is 1. The molecule has 0 amide bonds. The molecule has 1 aromatic heterocycles. The van der Waals surface area contributed by atoms with Gasteiger partial charge in [0.2, 0.25) is 5.82 Å². The molecule has 2 N–H and O–H groups in total. The van der Waals surface area contributed by atoms with Gasteiger partial charge in [-0.3, -0.25) is 0 Å². The Morgan fingerprint density at radius 1 is 1.31 bits per heavy atom. The van der Waals surface area contributed by atoms with Gasteiger partial charge in [0, 0.05) is 24.0 Å². The normalized spacial score (nSPS) is 14.2. The van der Waals surface area contributed by atoms with E-state index < -0.39 is 12.0 Å². The quantitative estimate of drug-likeness (QED) is 0.732. The maximum absolute atomic E-state index is 12.0. The molecule has 0 saturated carbocycles. The largest absolute Gasteiger partial charge is 0.451 e. The first kappa shape index (κ1) is 9.91. The van der Waals surface area contributed by atoms with Crippen molar-refractivity contribution >= 4 is 0 Å². The van der Waals surface area contributed by atoms with Crippen LogP contribution in [0.25, 0.3) is 0 Å². The van der Waals surface area contributed by atoms with Gasteiger partial charge in [0.05, 0.1) is 0 Å². The molecule has 1 heterocycles. The molecule has 0 aliphatic carbocycles. The van der Waals surface area contributed by atoms with Crippen molar-refractivity contribution in [1.82, 2.24) is 9.97 Å². The molecule has 1 aromatic rings. The summed E-state index contributed by atoms with van der Waals surface area (Å²) in [7, 11) is 0. The first-order chi connectivity index (χ1) is 5.91. The number of hydrogen-bond donors (Lipinski definition) is 1. The summed E-state index contributed by atoms with van der Waals surface area (Å²) < 4.78 is 35.9. The van der Waals surface area contributed by atoms with Crippen LogP contribution in [0.15, 0.2) is 12.4 Å². The number of nitrogens with zero attached hydrogens (tertiary/aromatic N) is 2. The Bertz CT molecular complexity index is 278. The number of hydrogen-bond acceptors (Lipinski definition) is 3. The molecule has 0 saturated heterocycles. The van der Waals surface area contributed by atoms with E-state index in [2.05, 4.69) is 9.97 Å². The van der Waals surface area contributed by atoms with E-state index in [0.29, 0.717) is 5.56 Å². The predicted molar refractivity (Wildman–Crippen MR) is 39.6 cm³/mol. The van der Waals surface area contributed by atoms with E-state index in [0.717, 1.165) is 12.4 Å². The molecule has 6 heteroatoms. The maximum Gasteiger partial charge on any atom is 0.451 e. The van der Waals surface area contributed by atoms with Crippen molar-refractivity contribution in [3.8, 4) is 0 Å². The molecular formula is C7H8F3N3. The van der Waals surface area contributed by atoms with Crippen LogP contribution in [0.2, 0.25) is 0 Å². The summed E-state index contributed by atoms with van der Waals surface area (Å²) >= 11 is 0. The number of aromatic nitrogens is 2. The highest BCUT2D eigenvalue weighted by Crippen LogP contribution is 2.25. The molecule has 0 bridgehead atoms. The topological polar surface area (TPSA) is 51.8 Å². The van der Waals surface area contributed by atoms with Crippen LogP contribution in [-0.4, -0.2) is 9.97 Å². The van der Waals surface area contributed by atoms with Gasteiger partial charge in [-0.05, 0) is 6.92 Å². The van der Waals surface area contributed by atoms with Crippen LogP contribution < -0.4 is 5.73 Å². The van der Waals surface area contributed by atoms with Crippen LogP contribution in [0, 0.1) is 0 Å². The highest BCUT2D eigenvalue weighted by atomic mass is 19.4. The summed E-state index contributed by atoms with van der Waals surface area (Å²) in [6.45, 7) is 1.64. The van der Waals surface area contributed by atoms with E-state index in [1.165, 1.54) is 0 Å². The Morgan fingerprint density at radius 2 is 1.77 bits per heavy atom. The summed E-state index contributed by atoms with van der Waals surface area (Å²) in [6, 6.07) is -0.359. The van der Waals surface area contributed by atoms with Crippen molar-refractivity contribution in [2.24, 2.45) is 5.73 Å². The van der Waals surface area contributed by atoms with E-state index in [9.17, 15) is 13.2 Å². The second kappa shape index (κ2) is 3.29. The fourth-order valence-electron chi connectivity index (χ4n) is 0.720. The van der Waals surface area contributed by atoms with Gasteiger partial charge < -0.3 is 5.73 Å². The predicted octanol–water partition coefficient (Wildman–Crippen LogP) is 1.52. The third kappa shape index (κ3) is 2.38. The van der Waals surface area contributed by atoms with Crippen LogP contribution >= 0.6 is 0 Å². The van der Waals surface area contributed by atoms with Gasteiger partial charge in [-0.25, -0.2) is 9.97 Å². The van der Waals surface area contributed by atoms with Crippen molar-refractivity contribution in [2.75, 3.05) is 0 Å². The molecule has 0 radical (unpaired) electrons. The van der Waals surface area contributed by atoms with Crippen LogP contribution in [-0.2, 0) is 6.18 Å². The lowest BCUT2D eigenvalue weighted by atomic mass is 10.2. The molecule has 0 spiro atoms. The molecule has 1 atom stereocenters. The van der Waals surface area contributed by atoms with Crippen LogP contribution in [0.1, 0.15) is 24.4 Å². The molecule has 3 nitrogen and oxygen atoms in total. The number of rotatable bonds is 1. The van der Waals surface area contributed by atoms with Crippen LogP contribution in [0.3, 0.4) is 0 Å². The standard InChI is InChI=1S/C7H8F3N3/c1-4(11)5-2-12-6(13-3-5)7(8,9)10/h2-4H,11H2,1H3/t4-/m0/s1. The molecule has 72 valence electrons. The van der Waals surface area contributed by atoms with Gasteiger partial charge in [-0.2, -0.15) is 13.2 Å². The number of halogens is 3. The molecule has 0 aliphatic heterocycles. The van der Waals surface area contributed by atoms with Crippen LogP contribution in [0.4, 0.5) is 13.2 Å². The maximum atomic E-state index is 12.0. The summed E-state index contributed by atoms with van der Waals surface area (Å²) in [6.07, 6.45) is -2.32. The van der Waals surface area contributed by atoms with E-state index in [1.807, 2.05) is 0 Å². The van der Waals surface area contributed by atoms with Gasteiger partial charge in [-0.1, -0.05) is 0 Å². The van der Waals surface area contributed by atoms with Crippen molar-refractivity contribution in [2.45, 2.75) is 19.1 Å². The van der Waals surface area contributed by atoms with Crippen molar-refractivity contribution in [3.05, 3.63) is 23.8 Å². The minimum absolute atomic E-state index is 0.359. The third-order valence-corrected chi connectivity index (χ3v) is 1.45. The average molecular weight is 191 g/mol. The Labute approximate surface area is 72.8 Å². The summed E-state index contributed by atoms with van der Waals surface area (Å²) in [5, 5.41) is 0. The monoisotopic (exact) mass is 191 g/mol. The third-order valence-electron chi connectivity index (χ3n) is 1.45. The number of alkyl halides is 3. The van der Waals surface area contributed by atoms with Crippen LogP contribution in [0.5, 0.6) is 0 Å². The van der Waals surface area contributed by atoms with Crippen molar-refractivity contribution < 1.29 is 13.2 Å². The molecular weight excluding hydrogens is 183 g/mol. The summed E-state index contributed by atoms with van der Waals surface area (Å²) in [5.74, 6) is -1.14. The fourth-order valence-corrected chi connectivity index (χ4v) is 0.720. The van der Waals surface area contributed by atoms with Gasteiger partial charge in [-0.15, -0.1) is 0 Å². The SMILES string of the molecule is C[C@H](N)c1cnc(C(F)(F)F)nc1. The molecule has 0 aromatic carbocycles.